The molecule has 2 fully saturated rings. The van der Waals surface area contributed by atoms with Gasteiger partial charge in [0.15, 0.2) is 0 Å². The minimum absolute atomic E-state index is 0.101. The average molecular weight is 1130 g/mol. The van der Waals surface area contributed by atoms with E-state index in [4.69, 9.17) is 9.84 Å². The second-order valence-electron chi connectivity index (χ2n) is 21.6. The van der Waals surface area contributed by atoms with E-state index in [2.05, 4.69) is 205 Å². The highest BCUT2D eigenvalue weighted by molar-refractivity contribution is 8.00. The molecule has 1 amide bonds. The Balaban J connectivity index is 0.000000222. The summed E-state index contributed by atoms with van der Waals surface area (Å²) in [7, 11) is 4.61. The van der Waals surface area contributed by atoms with Crippen molar-refractivity contribution in [1.29, 1.82) is 0 Å². The molecule has 0 heterocycles. The van der Waals surface area contributed by atoms with Gasteiger partial charge in [0.2, 0.25) is 5.91 Å². The van der Waals surface area contributed by atoms with E-state index < -0.39 is 17.8 Å². The van der Waals surface area contributed by atoms with Gasteiger partial charge in [0.25, 0.3) is 0 Å². The van der Waals surface area contributed by atoms with Crippen molar-refractivity contribution in [2.24, 2.45) is 23.7 Å². The Morgan fingerprint density at radius 3 is 1.04 bits per heavy atom. The maximum Gasteiger partial charge on any atom is 0.309 e. The fourth-order valence-corrected chi connectivity index (χ4v) is 14.9. The first-order chi connectivity index (χ1) is 39.6. The van der Waals surface area contributed by atoms with Gasteiger partial charge in [-0.2, -0.15) is 0 Å². The third-order valence-electron chi connectivity index (χ3n) is 16.2. The molecule has 0 bridgehead atoms. The molecular formula is C71H89NO7S2. The molecule has 0 aromatic heterocycles. The summed E-state index contributed by atoms with van der Waals surface area (Å²) in [5, 5.41) is 8.85. The lowest BCUT2D eigenvalue weighted by Gasteiger charge is -2.35. The van der Waals surface area contributed by atoms with Crippen molar-refractivity contribution in [2.45, 2.75) is 132 Å². The summed E-state index contributed by atoms with van der Waals surface area (Å²) in [6.45, 7) is 3.02. The number of aliphatic carboxylic acids is 1. The zero-order valence-corrected chi connectivity index (χ0v) is 50.3. The van der Waals surface area contributed by atoms with Crippen LogP contribution in [0.3, 0.4) is 0 Å². The number of benzene rings is 6. The predicted molar refractivity (Wildman–Crippen MR) is 335 cm³/mol. The quantitative estimate of drug-likeness (QED) is 0.0322. The van der Waals surface area contributed by atoms with Gasteiger partial charge in [-0.25, -0.2) is 0 Å². The highest BCUT2D eigenvalue weighted by atomic mass is 32.2. The first-order valence-corrected chi connectivity index (χ1v) is 31.8. The standard InChI is InChI=1S/C35H43NO3S.C27H32S.C9H14O4/c1-36(33(37)31-24-14-15-25-32(31)34(38)39-2)26-16-3-4-17-27-40-35(28-18-8-5-9-19-28,29-20-10-6-11-21-29)30-22-12-7-13-23-30;1-2-3-4-5-6-16-23-28-27(24-17-10-7-11-18-24,25-19-12-8-13-20-25)26-21-14-9-15-22-26;1-13-9(12)7-5-3-2-4-6(7)8(10)11/h5-13,18-23,31-32H,3-4,14-17,24-27H2,1-2H3;7-15,17-22H,2-6,16,23H2,1H3;6-7H,2-5H2,1H3,(H,10,11)/t31-,32+;;6-,7+/m0.0/s1. The molecule has 0 radical (unpaired) electrons. The summed E-state index contributed by atoms with van der Waals surface area (Å²) in [4.78, 5) is 49.1. The number of carbonyl (C=O) groups is 4. The average Bonchev–Trinajstić information content (AvgIpc) is 3.70. The molecule has 2 aliphatic carbocycles. The molecule has 6 aromatic carbocycles. The van der Waals surface area contributed by atoms with Gasteiger partial charge in [-0.15, -0.1) is 23.5 Å². The number of amides is 1. The number of carboxylic acids is 1. The van der Waals surface area contributed by atoms with Crippen LogP contribution in [0.5, 0.6) is 0 Å². The molecule has 8 rings (SSSR count). The second kappa shape index (κ2) is 35.0. The first-order valence-electron chi connectivity index (χ1n) is 29.9. The predicted octanol–water partition coefficient (Wildman–Crippen LogP) is 16.8. The van der Waals surface area contributed by atoms with Crippen LogP contribution < -0.4 is 0 Å². The van der Waals surface area contributed by atoms with E-state index in [1.165, 1.54) is 91.9 Å². The molecule has 432 valence electrons. The fraction of sp³-hybridized carbons (Fsp3) is 0.437. The number of hydrogen-bond donors (Lipinski definition) is 1. The molecule has 0 spiro atoms. The van der Waals surface area contributed by atoms with Crippen LogP contribution >= 0.6 is 23.5 Å². The van der Waals surface area contributed by atoms with Gasteiger partial charge in [-0.3, -0.25) is 19.2 Å². The Kier molecular flexibility index (Phi) is 27.7. The van der Waals surface area contributed by atoms with E-state index in [1.807, 2.05) is 23.7 Å². The third kappa shape index (κ3) is 18.2. The summed E-state index contributed by atoms with van der Waals surface area (Å²) in [5.74, 6) is -0.680. The van der Waals surface area contributed by atoms with Gasteiger partial charge in [0, 0.05) is 13.6 Å². The van der Waals surface area contributed by atoms with Crippen LogP contribution in [-0.2, 0) is 38.1 Å². The van der Waals surface area contributed by atoms with Crippen LogP contribution in [0, 0.1) is 23.7 Å². The molecule has 2 saturated carbocycles. The lowest BCUT2D eigenvalue weighted by atomic mass is 9.78. The van der Waals surface area contributed by atoms with E-state index in [0.29, 0.717) is 12.8 Å². The maximum absolute atomic E-state index is 13.1. The van der Waals surface area contributed by atoms with Gasteiger partial charge in [0.1, 0.15) is 0 Å². The number of thioether (sulfide) groups is 2. The molecular weight excluding hydrogens is 1040 g/mol. The van der Waals surface area contributed by atoms with Crippen molar-refractivity contribution < 1.29 is 33.8 Å². The normalized spacial score (nSPS) is 17.0. The Hall–Kier alpha value is -6.10. The molecule has 4 atom stereocenters. The largest absolute Gasteiger partial charge is 0.481 e. The summed E-state index contributed by atoms with van der Waals surface area (Å²) < 4.78 is 9.12. The number of hydrogen-bond acceptors (Lipinski definition) is 8. The van der Waals surface area contributed by atoms with Crippen molar-refractivity contribution in [3.05, 3.63) is 215 Å². The Morgan fingerprint density at radius 2 is 0.716 bits per heavy atom. The highest BCUT2D eigenvalue weighted by Gasteiger charge is 2.40. The van der Waals surface area contributed by atoms with Gasteiger partial charge in [0.05, 0.1) is 47.4 Å². The first kappa shape index (κ1) is 64.1. The molecule has 1 N–H and O–H groups in total. The minimum Gasteiger partial charge on any atom is -0.481 e. The van der Waals surface area contributed by atoms with Crippen LogP contribution in [0.25, 0.3) is 0 Å². The van der Waals surface area contributed by atoms with E-state index in [0.717, 1.165) is 76.5 Å². The minimum atomic E-state index is -0.880. The van der Waals surface area contributed by atoms with Crippen LogP contribution in [0.4, 0.5) is 0 Å². The smallest absolute Gasteiger partial charge is 0.309 e. The molecule has 0 aliphatic heterocycles. The summed E-state index contributed by atoms with van der Waals surface area (Å²) in [6, 6.07) is 65.6. The lowest BCUT2D eigenvalue weighted by Crippen LogP contribution is -2.41. The second-order valence-corrected chi connectivity index (χ2v) is 24.2. The molecule has 6 aromatic rings. The van der Waals surface area contributed by atoms with E-state index >= 15 is 0 Å². The molecule has 8 nitrogen and oxygen atoms in total. The van der Waals surface area contributed by atoms with Crippen LogP contribution in [0.1, 0.15) is 156 Å². The van der Waals surface area contributed by atoms with Crippen molar-refractivity contribution in [3.63, 3.8) is 0 Å². The number of esters is 2. The fourth-order valence-electron chi connectivity index (χ4n) is 11.8. The zero-order chi connectivity index (χ0) is 57.6. The van der Waals surface area contributed by atoms with Crippen LogP contribution in [0.2, 0.25) is 0 Å². The lowest BCUT2D eigenvalue weighted by molar-refractivity contribution is -0.157. The van der Waals surface area contributed by atoms with Crippen molar-refractivity contribution in [3.8, 4) is 0 Å². The van der Waals surface area contributed by atoms with Crippen LogP contribution in [0.15, 0.2) is 182 Å². The summed E-state index contributed by atoms with van der Waals surface area (Å²) in [5.41, 5.74) is 7.98. The van der Waals surface area contributed by atoms with Gasteiger partial charge >= 0.3 is 17.9 Å². The van der Waals surface area contributed by atoms with E-state index in [-0.39, 0.29) is 39.2 Å². The van der Waals surface area contributed by atoms with Gasteiger partial charge in [-0.1, -0.05) is 260 Å². The number of unbranched alkanes of at least 4 members (excludes halogenated alkanes) is 8. The van der Waals surface area contributed by atoms with E-state index in [1.54, 1.807) is 0 Å². The number of rotatable bonds is 26. The number of ether oxygens (including phenoxy) is 2. The van der Waals surface area contributed by atoms with Crippen molar-refractivity contribution in [2.75, 3.05) is 39.3 Å². The Labute approximate surface area is 493 Å². The molecule has 0 unspecified atom stereocenters. The van der Waals surface area contributed by atoms with Gasteiger partial charge in [-0.05, 0) is 89.8 Å². The third-order valence-corrected chi connectivity index (χ3v) is 19.4. The summed E-state index contributed by atoms with van der Waals surface area (Å²) >= 11 is 4.11. The number of carboxylic acid groups (broad SMARTS) is 1. The molecule has 0 saturated heterocycles. The Morgan fingerprint density at radius 1 is 0.432 bits per heavy atom. The van der Waals surface area contributed by atoms with Gasteiger partial charge < -0.3 is 19.5 Å². The van der Waals surface area contributed by atoms with Crippen LogP contribution in [-0.4, -0.2) is 73.1 Å². The SMILES string of the molecule is CCCCCCCCSC(c1ccccc1)(c1ccccc1)c1ccccc1.COC(=O)[C@@H]1CCCC[C@@H]1C(=O)N(C)CCCCCCSC(c1ccccc1)(c1ccccc1)c1ccccc1.COC(=O)[C@@H]1CCCC[C@@H]1C(=O)O. The number of carbonyl (C=O) groups excluding carboxylic acids is 3. The van der Waals surface area contributed by atoms with Crippen molar-refractivity contribution >= 4 is 47.3 Å². The Bertz CT molecular complexity index is 2520. The van der Waals surface area contributed by atoms with E-state index in [9.17, 15) is 19.2 Å². The molecule has 81 heavy (non-hydrogen) atoms. The molecule has 10 heteroatoms. The monoisotopic (exact) mass is 1130 g/mol. The summed E-state index contributed by atoms with van der Waals surface area (Å²) in [6.07, 6.45) is 18.9. The van der Waals surface area contributed by atoms with Crippen molar-refractivity contribution in [1.82, 2.24) is 4.90 Å². The number of methoxy groups -OCH3 is 2. The topological polar surface area (TPSA) is 110 Å². The zero-order valence-electron chi connectivity index (χ0n) is 48.6. The maximum atomic E-state index is 13.1. The number of nitrogens with zero attached hydrogens (tertiary/aromatic N) is 1. The highest BCUT2D eigenvalue weighted by Crippen LogP contribution is 2.50. The molecule has 2 aliphatic rings.